The maximum Gasteiger partial charge on any atom is 0.151 e. The van der Waals surface area contributed by atoms with Crippen molar-refractivity contribution < 1.29 is 9.18 Å². The third-order valence-corrected chi connectivity index (χ3v) is 2.14. The molecule has 13 heavy (non-hydrogen) atoms. The minimum absolute atomic E-state index is 0.290. The van der Waals surface area contributed by atoms with Crippen LogP contribution in [-0.4, -0.2) is 6.29 Å². The molecule has 1 nitrogen and oxygen atoms in total. The van der Waals surface area contributed by atoms with Gasteiger partial charge in [-0.05, 0) is 31.5 Å². The minimum atomic E-state index is -1.43. The summed E-state index contributed by atoms with van der Waals surface area (Å²) >= 11 is 5.74. The standard InChI is InChI=1S/C10H10ClFO/c1-10(2,12)8-4-3-7(6-13)9(11)5-8/h3-6H,1-2H3. The molecule has 0 heterocycles. The zero-order valence-corrected chi connectivity index (χ0v) is 8.23. The summed E-state index contributed by atoms with van der Waals surface area (Å²) in [5.41, 5.74) is -0.566. The summed E-state index contributed by atoms with van der Waals surface area (Å²) in [6.45, 7) is 2.89. The van der Waals surface area contributed by atoms with Gasteiger partial charge in [0.15, 0.2) is 6.29 Å². The van der Waals surface area contributed by atoms with E-state index < -0.39 is 5.67 Å². The van der Waals surface area contributed by atoms with Crippen molar-refractivity contribution in [1.82, 2.24) is 0 Å². The highest BCUT2D eigenvalue weighted by Gasteiger charge is 2.19. The van der Waals surface area contributed by atoms with Crippen LogP contribution < -0.4 is 0 Å². The molecule has 0 N–H and O–H groups in total. The molecular formula is C10H10ClFO. The average Bonchev–Trinajstić information content (AvgIpc) is 2.02. The molecule has 0 aliphatic rings. The summed E-state index contributed by atoms with van der Waals surface area (Å²) in [7, 11) is 0. The Bertz CT molecular complexity index is 328. The van der Waals surface area contributed by atoms with Crippen LogP contribution in [0, 0.1) is 0 Å². The lowest BCUT2D eigenvalue weighted by Crippen LogP contribution is -2.08. The molecule has 0 aliphatic heterocycles. The zero-order valence-electron chi connectivity index (χ0n) is 7.47. The van der Waals surface area contributed by atoms with Crippen molar-refractivity contribution in [3.63, 3.8) is 0 Å². The van der Waals surface area contributed by atoms with E-state index in [2.05, 4.69) is 0 Å². The first kappa shape index (κ1) is 10.2. The van der Waals surface area contributed by atoms with Crippen molar-refractivity contribution in [3.8, 4) is 0 Å². The predicted octanol–water partition coefficient (Wildman–Crippen LogP) is 3.36. The highest BCUT2D eigenvalue weighted by molar-refractivity contribution is 6.33. The van der Waals surface area contributed by atoms with Crippen molar-refractivity contribution in [2.75, 3.05) is 0 Å². The number of carbonyl (C=O) groups is 1. The van der Waals surface area contributed by atoms with Crippen LogP contribution in [-0.2, 0) is 5.67 Å². The van der Waals surface area contributed by atoms with Gasteiger partial charge < -0.3 is 0 Å². The van der Waals surface area contributed by atoms with Gasteiger partial charge in [-0.2, -0.15) is 0 Å². The molecule has 1 aromatic rings. The van der Waals surface area contributed by atoms with Crippen LogP contribution in [0.5, 0.6) is 0 Å². The lowest BCUT2D eigenvalue weighted by atomic mass is 9.99. The average molecular weight is 201 g/mol. The van der Waals surface area contributed by atoms with Gasteiger partial charge in [-0.25, -0.2) is 4.39 Å². The summed E-state index contributed by atoms with van der Waals surface area (Å²) in [4.78, 5) is 10.4. The van der Waals surface area contributed by atoms with E-state index in [0.717, 1.165) is 0 Å². The summed E-state index contributed by atoms with van der Waals surface area (Å²) in [5, 5.41) is 0.290. The van der Waals surface area contributed by atoms with Crippen LogP contribution >= 0.6 is 11.6 Å². The van der Waals surface area contributed by atoms with Gasteiger partial charge >= 0.3 is 0 Å². The second-order valence-electron chi connectivity index (χ2n) is 3.33. The number of rotatable bonds is 2. The Labute approximate surface area is 81.5 Å². The van der Waals surface area contributed by atoms with Gasteiger partial charge in [-0.15, -0.1) is 0 Å². The molecule has 70 valence electrons. The van der Waals surface area contributed by atoms with Crippen LogP contribution in [0.4, 0.5) is 4.39 Å². The maximum absolute atomic E-state index is 13.4. The van der Waals surface area contributed by atoms with E-state index in [0.29, 0.717) is 22.4 Å². The minimum Gasteiger partial charge on any atom is -0.298 e. The van der Waals surface area contributed by atoms with Crippen LogP contribution in [0.25, 0.3) is 0 Å². The summed E-state index contributed by atoms with van der Waals surface area (Å²) in [6, 6.07) is 4.56. The van der Waals surface area contributed by atoms with Gasteiger partial charge in [-0.3, -0.25) is 4.79 Å². The normalized spacial score (nSPS) is 11.4. The monoisotopic (exact) mass is 200 g/mol. The molecule has 1 rings (SSSR count). The highest BCUT2D eigenvalue weighted by Crippen LogP contribution is 2.27. The molecule has 0 saturated heterocycles. The Morgan fingerprint density at radius 3 is 2.46 bits per heavy atom. The Morgan fingerprint density at radius 2 is 2.08 bits per heavy atom. The summed E-state index contributed by atoms with van der Waals surface area (Å²) in [5.74, 6) is 0. The number of alkyl halides is 1. The van der Waals surface area contributed by atoms with Crippen molar-refractivity contribution in [3.05, 3.63) is 34.3 Å². The number of hydrogen-bond donors (Lipinski definition) is 0. The fourth-order valence-corrected chi connectivity index (χ4v) is 1.22. The van der Waals surface area contributed by atoms with Crippen LogP contribution in [0.15, 0.2) is 18.2 Å². The van der Waals surface area contributed by atoms with Crippen molar-refractivity contribution in [2.45, 2.75) is 19.5 Å². The van der Waals surface area contributed by atoms with Crippen molar-refractivity contribution in [2.24, 2.45) is 0 Å². The quantitative estimate of drug-likeness (QED) is 0.669. The third-order valence-electron chi connectivity index (χ3n) is 1.81. The van der Waals surface area contributed by atoms with E-state index in [1.54, 1.807) is 6.07 Å². The van der Waals surface area contributed by atoms with E-state index in [1.165, 1.54) is 26.0 Å². The first-order chi connectivity index (χ1) is 5.95. The molecule has 0 unspecified atom stereocenters. The summed E-state index contributed by atoms with van der Waals surface area (Å²) in [6.07, 6.45) is 0.650. The Hall–Kier alpha value is -0.890. The van der Waals surface area contributed by atoms with Gasteiger partial charge in [0.2, 0.25) is 0 Å². The predicted molar refractivity (Wildman–Crippen MR) is 51.0 cm³/mol. The Balaban J connectivity index is 3.17. The fourth-order valence-electron chi connectivity index (χ4n) is 0.992. The number of halogens is 2. The number of aldehydes is 1. The Kier molecular flexibility index (Phi) is 2.71. The second-order valence-corrected chi connectivity index (χ2v) is 3.73. The molecule has 0 radical (unpaired) electrons. The fraction of sp³-hybridized carbons (Fsp3) is 0.300. The van der Waals surface area contributed by atoms with E-state index in [-0.39, 0.29) is 0 Å². The molecule has 0 spiro atoms. The van der Waals surface area contributed by atoms with Crippen LogP contribution in [0.1, 0.15) is 29.8 Å². The van der Waals surface area contributed by atoms with Crippen molar-refractivity contribution >= 4 is 17.9 Å². The molecule has 0 aliphatic carbocycles. The summed E-state index contributed by atoms with van der Waals surface area (Å²) < 4.78 is 13.4. The van der Waals surface area contributed by atoms with Gasteiger partial charge in [0.1, 0.15) is 5.67 Å². The largest absolute Gasteiger partial charge is 0.298 e. The smallest absolute Gasteiger partial charge is 0.151 e. The maximum atomic E-state index is 13.4. The van der Waals surface area contributed by atoms with Crippen LogP contribution in [0.3, 0.4) is 0 Å². The van der Waals surface area contributed by atoms with E-state index in [9.17, 15) is 9.18 Å². The topological polar surface area (TPSA) is 17.1 Å². The van der Waals surface area contributed by atoms with Crippen LogP contribution in [0.2, 0.25) is 5.02 Å². The molecule has 0 aromatic heterocycles. The van der Waals surface area contributed by atoms with Gasteiger partial charge in [0.25, 0.3) is 0 Å². The van der Waals surface area contributed by atoms with Gasteiger partial charge in [0.05, 0.1) is 5.02 Å². The lowest BCUT2D eigenvalue weighted by molar-refractivity contribution is 0.112. The van der Waals surface area contributed by atoms with Gasteiger partial charge in [0, 0.05) is 5.56 Å². The van der Waals surface area contributed by atoms with E-state index in [1.807, 2.05) is 0 Å². The van der Waals surface area contributed by atoms with Gasteiger partial charge in [-0.1, -0.05) is 17.7 Å². The Morgan fingerprint density at radius 1 is 1.46 bits per heavy atom. The zero-order chi connectivity index (χ0) is 10.1. The molecule has 0 amide bonds. The number of hydrogen-bond acceptors (Lipinski definition) is 1. The first-order valence-electron chi connectivity index (χ1n) is 3.89. The number of carbonyl (C=O) groups excluding carboxylic acids is 1. The molecule has 3 heteroatoms. The lowest BCUT2D eigenvalue weighted by Gasteiger charge is -2.14. The second kappa shape index (κ2) is 3.46. The molecule has 0 saturated carbocycles. The molecule has 0 fully saturated rings. The molecule has 1 aromatic carbocycles. The van der Waals surface area contributed by atoms with E-state index >= 15 is 0 Å². The van der Waals surface area contributed by atoms with Crippen molar-refractivity contribution in [1.29, 1.82) is 0 Å². The SMILES string of the molecule is CC(C)(F)c1ccc(C=O)c(Cl)c1. The molecular weight excluding hydrogens is 191 g/mol. The number of benzene rings is 1. The van der Waals surface area contributed by atoms with E-state index in [4.69, 9.17) is 11.6 Å². The first-order valence-corrected chi connectivity index (χ1v) is 4.27. The highest BCUT2D eigenvalue weighted by atomic mass is 35.5. The molecule has 0 atom stereocenters. The third kappa shape index (κ3) is 2.28. The molecule has 0 bridgehead atoms.